The average molecular weight is 265 g/mol. The summed E-state index contributed by atoms with van der Waals surface area (Å²) in [6.07, 6.45) is 0.387. The lowest BCUT2D eigenvalue weighted by molar-refractivity contribution is -0.142. The van der Waals surface area contributed by atoms with Gasteiger partial charge in [0, 0.05) is 11.4 Å². The van der Waals surface area contributed by atoms with Crippen molar-refractivity contribution in [3.63, 3.8) is 0 Å². The van der Waals surface area contributed by atoms with E-state index in [9.17, 15) is 4.79 Å². The van der Waals surface area contributed by atoms with E-state index < -0.39 is 0 Å². The van der Waals surface area contributed by atoms with Crippen LogP contribution in [0, 0.1) is 0 Å². The molecule has 3 N–H and O–H groups in total. The maximum Gasteiger partial charge on any atom is 0.306 e. The first-order valence-corrected chi connectivity index (χ1v) is 6.71. The number of nitrogens with one attached hydrogen (secondary N) is 1. The number of aromatic amines is 1. The molecule has 0 fully saturated rings. The molecule has 0 bridgehead atoms. The number of carbonyl (C=O) groups excluding carboxylic acids is 1. The summed E-state index contributed by atoms with van der Waals surface area (Å²) in [5.41, 5.74) is 8.18. The number of hydrogen-bond acceptors (Lipinski definition) is 5. The zero-order valence-corrected chi connectivity index (χ0v) is 10.9. The fourth-order valence-electron chi connectivity index (χ4n) is 1.54. The third-order valence-corrected chi connectivity index (χ3v) is 3.21. The number of esters is 1. The van der Waals surface area contributed by atoms with Crippen LogP contribution in [0.3, 0.4) is 0 Å². The molecular formula is C12H15N3O2S. The van der Waals surface area contributed by atoms with Crippen LogP contribution in [-0.4, -0.2) is 28.3 Å². The third kappa shape index (κ3) is 3.16. The lowest BCUT2D eigenvalue weighted by Gasteiger charge is -1.99. The molecule has 1 aromatic carbocycles. The molecule has 18 heavy (non-hydrogen) atoms. The molecule has 0 atom stereocenters. The lowest BCUT2D eigenvalue weighted by Crippen LogP contribution is -2.04. The fraction of sp³-hybridized carbons (Fsp3) is 0.333. The van der Waals surface area contributed by atoms with Gasteiger partial charge in [-0.1, -0.05) is 11.8 Å². The number of imidazole rings is 1. The van der Waals surface area contributed by atoms with Gasteiger partial charge in [-0.25, -0.2) is 4.98 Å². The van der Waals surface area contributed by atoms with Gasteiger partial charge >= 0.3 is 5.97 Å². The molecule has 0 spiro atoms. The number of nitrogens with two attached hydrogens (primary N) is 1. The summed E-state index contributed by atoms with van der Waals surface area (Å²) in [6, 6.07) is 5.53. The Kier molecular flexibility index (Phi) is 4.09. The largest absolute Gasteiger partial charge is 0.466 e. The number of benzene rings is 1. The second kappa shape index (κ2) is 5.77. The highest BCUT2D eigenvalue weighted by Gasteiger charge is 2.06. The molecule has 6 heteroatoms. The van der Waals surface area contributed by atoms with Crippen LogP contribution in [0.1, 0.15) is 13.3 Å². The van der Waals surface area contributed by atoms with E-state index in [0.29, 0.717) is 24.5 Å². The molecule has 0 aliphatic carbocycles. The van der Waals surface area contributed by atoms with Gasteiger partial charge in [0.05, 0.1) is 24.1 Å². The SMILES string of the molecule is CCOC(=O)CCSc1nc2ccc(N)cc2[nH]1. The number of nitrogens with zero attached hydrogens (tertiary/aromatic N) is 1. The van der Waals surface area contributed by atoms with Gasteiger partial charge in [0.1, 0.15) is 0 Å². The van der Waals surface area contributed by atoms with Gasteiger partial charge in [-0.2, -0.15) is 0 Å². The van der Waals surface area contributed by atoms with Crippen molar-refractivity contribution in [2.45, 2.75) is 18.5 Å². The molecule has 2 aromatic rings. The maximum atomic E-state index is 11.2. The molecule has 2 rings (SSSR count). The van der Waals surface area contributed by atoms with Crippen LogP contribution in [0.4, 0.5) is 5.69 Å². The van der Waals surface area contributed by atoms with Crippen LogP contribution in [0.5, 0.6) is 0 Å². The number of H-pyrrole nitrogens is 1. The van der Waals surface area contributed by atoms with E-state index in [1.807, 2.05) is 18.2 Å². The summed E-state index contributed by atoms with van der Waals surface area (Å²) in [4.78, 5) is 18.7. The van der Waals surface area contributed by atoms with Crippen LogP contribution in [0.15, 0.2) is 23.4 Å². The summed E-state index contributed by atoms with van der Waals surface area (Å²) in [5, 5.41) is 0.792. The van der Waals surface area contributed by atoms with Crippen LogP contribution in [0.25, 0.3) is 11.0 Å². The molecule has 5 nitrogen and oxygen atoms in total. The van der Waals surface area contributed by atoms with Gasteiger partial charge in [-0.15, -0.1) is 0 Å². The fourth-order valence-corrected chi connectivity index (χ4v) is 2.34. The summed E-state index contributed by atoms with van der Waals surface area (Å²) in [5.74, 6) is 0.471. The van der Waals surface area contributed by atoms with Crippen molar-refractivity contribution in [2.75, 3.05) is 18.1 Å². The smallest absolute Gasteiger partial charge is 0.306 e. The van der Waals surface area contributed by atoms with Crippen molar-refractivity contribution in [1.82, 2.24) is 9.97 Å². The number of hydrogen-bond donors (Lipinski definition) is 2. The van der Waals surface area contributed by atoms with Crippen LogP contribution in [0.2, 0.25) is 0 Å². The molecule has 0 amide bonds. The molecule has 1 heterocycles. The second-order valence-electron chi connectivity index (χ2n) is 3.72. The second-order valence-corrected chi connectivity index (χ2v) is 4.81. The van der Waals surface area contributed by atoms with Crippen molar-refractivity contribution in [3.05, 3.63) is 18.2 Å². The Balaban J connectivity index is 1.94. The Bertz CT molecular complexity index is 553. The molecule has 0 unspecified atom stereocenters. The number of fused-ring (bicyclic) bond motifs is 1. The number of carbonyl (C=O) groups is 1. The number of aromatic nitrogens is 2. The minimum absolute atomic E-state index is 0.176. The van der Waals surface area contributed by atoms with E-state index >= 15 is 0 Å². The Hall–Kier alpha value is -1.69. The van der Waals surface area contributed by atoms with Crippen molar-refractivity contribution >= 4 is 34.5 Å². The van der Waals surface area contributed by atoms with Crippen molar-refractivity contribution in [1.29, 1.82) is 0 Å². The minimum Gasteiger partial charge on any atom is -0.466 e. The molecule has 0 aliphatic rings. The molecule has 0 radical (unpaired) electrons. The van der Waals surface area contributed by atoms with E-state index in [1.54, 1.807) is 6.92 Å². The molecular weight excluding hydrogens is 250 g/mol. The molecule has 1 aromatic heterocycles. The average Bonchev–Trinajstić information content (AvgIpc) is 2.71. The molecule has 0 saturated carbocycles. The van der Waals surface area contributed by atoms with Gasteiger partial charge in [0.15, 0.2) is 5.16 Å². The number of anilines is 1. The van der Waals surface area contributed by atoms with Gasteiger partial charge in [0.2, 0.25) is 0 Å². The minimum atomic E-state index is -0.176. The normalized spacial score (nSPS) is 10.7. The number of rotatable bonds is 5. The highest BCUT2D eigenvalue weighted by Crippen LogP contribution is 2.21. The van der Waals surface area contributed by atoms with Gasteiger partial charge in [-0.3, -0.25) is 4.79 Å². The Morgan fingerprint density at radius 1 is 1.56 bits per heavy atom. The van der Waals surface area contributed by atoms with Crippen molar-refractivity contribution in [2.24, 2.45) is 0 Å². The van der Waals surface area contributed by atoms with Crippen molar-refractivity contribution < 1.29 is 9.53 Å². The predicted octanol–water partition coefficient (Wildman–Crippen LogP) is 2.19. The zero-order valence-electron chi connectivity index (χ0n) is 10.1. The van der Waals surface area contributed by atoms with Gasteiger partial charge in [-0.05, 0) is 25.1 Å². The van der Waals surface area contributed by atoms with E-state index in [0.717, 1.165) is 16.2 Å². The summed E-state index contributed by atoms with van der Waals surface area (Å²) >= 11 is 1.50. The van der Waals surface area contributed by atoms with Crippen LogP contribution >= 0.6 is 11.8 Å². The van der Waals surface area contributed by atoms with E-state index in [-0.39, 0.29) is 5.97 Å². The Morgan fingerprint density at radius 2 is 2.39 bits per heavy atom. The highest BCUT2D eigenvalue weighted by molar-refractivity contribution is 7.99. The van der Waals surface area contributed by atoms with Crippen molar-refractivity contribution in [3.8, 4) is 0 Å². The summed E-state index contributed by atoms with van der Waals surface area (Å²) in [7, 11) is 0. The molecule has 96 valence electrons. The van der Waals surface area contributed by atoms with E-state index in [4.69, 9.17) is 10.5 Å². The first kappa shape index (κ1) is 12.8. The summed E-state index contributed by atoms with van der Waals surface area (Å²) in [6.45, 7) is 2.22. The highest BCUT2D eigenvalue weighted by atomic mass is 32.2. The monoisotopic (exact) mass is 265 g/mol. The maximum absolute atomic E-state index is 11.2. The third-order valence-electron chi connectivity index (χ3n) is 2.33. The van der Waals surface area contributed by atoms with Gasteiger partial charge in [0.25, 0.3) is 0 Å². The Morgan fingerprint density at radius 3 is 3.17 bits per heavy atom. The van der Waals surface area contributed by atoms with E-state index in [2.05, 4.69) is 9.97 Å². The predicted molar refractivity (Wildman–Crippen MR) is 72.5 cm³/mol. The zero-order chi connectivity index (χ0) is 13.0. The first-order valence-electron chi connectivity index (χ1n) is 5.72. The number of thioether (sulfide) groups is 1. The number of ether oxygens (including phenoxy) is 1. The van der Waals surface area contributed by atoms with Crippen LogP contribution < -0.4 is 5.73 Å². The van der Waals surface area contributed by atoms with Crippen LogP contribution in [-0.2, 0) is 9.53 Å². The van der Waals surface area contributed by atoms with Gasteiger partial charge < -0.3 is 15.5 Å². The number of nitrogen functional groups attached to an aromatic ring is 1. The first-order chi connectivity index (χ1) is 8.69. The van der Waals surface area contributed by atoms with E-state index in [1.165, 1.54) is 11.8 Å². The topological polar surface area (TPSA) is 81.0 Å². The molecule has 0 saturated heterocycles. The Labute approximate surface area is 109 Å². The molecule has 0 aliphatic heterocycles. The standard InChI is InChI=1S/C12H15N3O2S/c1-2-17-11(16)5-6-18-12-14-9-4-3-8(13)7-10(9)15-12/h3-4,7H,2,5-6,13H2,1H3,(H,14,15). The summed E-state index contributed by atoms with van der Waals surface area (Å²) < 4.78 is 4.86. The quantitative estimate of drug-likeness (QED) is 0.492. The lowest BCUT2D eigenvalue weighted by atomic mass is 10.3.